The molecule has 0 aliphatic heterocycles. The monoisotopic (exact) mass is 254 g/mol. The highest BCUT2D eigenvalue weighted by molar-refractivity contribution is 7.11. The Bertz CT molecular complexity index is 301. The molecule has 17 heavy (non-hydrogen) atoms. The summed E-state index contributed by atoms with van der Waals surface area (Å²) in [4.78, 5) is 6.00. The van der Waals surface area contributed by atoms with E-state index in [1.807, 2.05) is 11.3 Å². The molecule has 0 aliphatic carbocycles. The van der Waals surface area contributed by atoms with Gasteiger partial charge in [0, 0.05) is 17.3 Å². The van der Waals surface area contributed by atoms with Crippen molar-refractivity contribution in [1.82, 2.24) is 10.3 Å². The second-order valence-corrected chi connectivity index (χ2v) is 5.99. The predicted molar refractivity (Wildman–Crippen MR) is 76.9 cm³/mol. The summed E-state index contributed by atoms with van der Waals surface area (Å²) in [5.74, 6) is 0. The van der Waals surface area contributed by atoms with Crippen molar-refractivity contribution in [2.45, 2.75) is 65.8 Å². The Kier molecular flexibility index (Phi) is 6.75. The lowest BCUT2D eigenvalue weighted by molar-refractivity contribution is 0.466. The normalized spacial score (nSPS) is 12.9. The van der Waals surface area contributed by atoms with Gasteiger partial charge in [0.05, 0.1) is 10.7 Å². The van der Waals surface area contributed by atoms with E-state index in [1.54, 1.807) is 0 Å². The van der Waals surface area contributed by atoms with Gasteiger partial charge in [-0.3, -0.25) is 0 Å². The van der Waals surface area contributed by atoms with Crippen LogP contribution in [0.5, 0.6) is 0 Å². The first-order chi connectivity index (χ1) is 8.17. The number of nitrogens with zero attached hydrogens (tertiary/aromatic N) is 1. The van der Waals surface area contributed by atoms with Crippen molar-refractivity contribution in [1.29, 1.82) is 0 Å². The van der Waals surface area contributed by atoms with E-state index in [0.717, 1.165) is 13.0 Å². The number of thiazole rings is 1. The van der Waals surface area contributed by atoms with Crippen molar-refractivity contribution in [2.75, 3.05) is 6.54 Å². The minimum absolute atomic E-state index is 0.608. The molecule has 0 bridgehead atoms. The van der Waals surface area contributed by atoms with Gasteiger partial charge >= 0.3 is 0 Å². The summed E-state index contributed by atoms with van der Waals surface area (Å²) in [6, 6.07) is 0.608. The van der Waals surface area contributed by atoms with E-state index in [4.69, 9.17) is 0 Å². The fourth-order valence-corrected chi connectivity index (χ4v) is 3.06. The van der Waals surface area contributed by atoms with Gasteiger partial charge < -0.3 is 5.32 Å². The first-order valence-electron chi connectivity index (χ1n) is 6.83. The minimum atomic E-state index is 0.608. The lowest BCUT2D eigenvalue weighted by Gasteiger charge is -2.16. The number of aromatic nitrogens is 1. The van der Waals surface area contributed by atoms with Crippen LogP contribution in [0, 0.1) is 13.8 Å². The largest absolute Gasteiger partial charge is 0.314 e. The Balaban J connectivity index is 2.47. The maximum atomic E-state index is 4.64. The van der Waals surface area contributed by atoms with E-state index >= 15 is 0 Å². The maximum Gasteiger partial charge on any atom is 0.0946 e. The van der Waals surface area contributed by atoms with Gasteiger partial charge in [0.1, 0.15) is 0 Å². The molecule has 0 saturated carbocycles. The number of rotatable bonds is 8. The van der Waals surface area contributed by atoms with Crippen LogP contribution in [0.2, 0.25) is 0 Å². The lowest BCUT2D eigenvalue weighted by Crippen LogP contribution is -2.30. The van der Waals surface area contributed by atoms with Gasteiger partial charge in [-0.1, -0.05) is 33.1 Å². The average molecular weight is 254 g/mol. The molecule has 1 N–H and O–H groups in total. The molecule has 1 rings (SSSR count). The van der Waals surface area contributed by atoms with Crippen molar-refractivity contribution < 1.29 is 0 Å². The summed E-state index contributed by atoms with van der Waals surface area (Å²) < 4.78 is 0. The summed E-state index contributed by atoms with van der Waals surface area (Å²) in [6.07, 6.45) is 6.35. The van der Waals surface area contributed by atoms with Crippen molar-refractivity contribution in [3.8, 4) is 0 Å². The van der Waals surface area contributed by atoms with E-state index in [2.05, 4.69) is 38.0 Å². The highest BCUT2D eigenvalue weighted by atomic mass is 32.1. The predicted octanol–water partition coefficient (Wildman–Crippen LogP) is 3.86. The molecule has 0 saturated heterocycles. The van der Waals surface area contributed by atoms with Gasteiger partial charge in [-0.2, -0.15) is 0 Å². The molecule has 1 aromatic rings. The van der Waals surface area contributed by atoms with E-state index in [1.165, 1.54) is 41.3 Å². The Morgan fingerprint density at radius 3 is 2.53 bits per heavy atom. The van der Waals surface area contributed by atoms with Crippen LogP contribution in [0.15, 0.2) is 0 Å². The summed E-state index contributed by atoms with van der Waals surface area (Å²) in [7, 11) is 0. The molecule has 3 heteroatoms. The molecule has 98 valence electrons. The van der Waals surface area contributed by atoms with Crippen LogP contribution in [-0.4, -0.2) is 17.6 Å². The smallest absolute Gasteiger partial charge is 0.0946 e. The second-order valence-electron chi connectivity index (χ2n) is 4.70. The minimum Gasteiger partial charge on any atom is -0.314 e. The first kappa shape index (κ1) is 14.7. The molecule has 0 aromatic carbocycles. The molecule has 0 amide bonds. The molecule has 0 radical (unpaired) electrons. The van der Waals surface area contributed by atoms with Crippen LogP contribution in [-0.2, 0) is 6.42 Å². The van der Waals surface area contributed by atoms with E-state index < -0.39 is 0 Å². The average Bonchev–Trinajstić information content (AvgIpc) is 2.58. The molecular weight excluding hydrogens is 228 g/mol. The van der Waals surface area contributed by atoms with Gasteiger partial charge in [-0.15, -0.1) is 11.3 Å². The fourth-order valence-electron chi connectivity index (χ4n) is 2.04. The highest BCUT2D eigenvalue weighted by Gasteiger charge is 2.11. The van der Waals surface area contributed by atoms with Crippen LogP contribution in [0.3, 0.4) is 0 Å². The number of likely N-dealkylation sites (N-methyl/N-ethyl adjacent to an activating group) is 1. The third-order valence-electron chi connectivity index (χ3n) is 3.14. The summed E-state index contributed by atoms with van der Waals surface area (Å²) >= 11 is 1.86. The Morgan fingerprint density at radius 2 is 2.00 bits per heavy atom. The molecule has 1 heterocycles. The molecule has 1 atom stereocenters. The fraction of sp³-hybridized carbons (Fsp3) is 0.786. The second kappa shape index (κ2) is 7.83. The highest BCUT2D eigenvalue weighted by Crippen LogP contribution is 2.19. The van der Waals surface area contributed by atoms with Crippen LogP contribution >= 0.6 is 11.3 Å². The molecule has 1 unspecified atom stereocenters. The van der Waals surface area contributed by atoms with Crippen LogP contribution < -0.4 is 5.32 Å². The Morgan fingerprint density at radius 1 is 1.24 bits per heavy atom. The molecule has 0 spiro atoms. The number of hydrogen-bond acceptors (Lipinski definition) is 3. The van der Waals surface area contributed by atoms with Crippen molar-refractivity contribution in [3.05, 3.63) is 15.6 Å². The summed E-state index contributed by atoms with van der Waals surface area (Å²) in [5, 5.41) is 4.88. The summed E-state index contributed by atoms with van der Waals surface area (Å²) in [6.45, 7) is 9.77. The topological polar surface area (TPSA) is 24.9 Å². The van der Waals surface area contributed by atoms with E-state index in [-0.39, 0.29) is 0 Å². The van der Waals surface area contributed by atoms with Gasteiger partial charge in [-0.25, -0.2) is 4.98 Å². The number of unbranched alkanes of at least 4 members (excludes halogenated alkanes) is 2. The molecule has 0 aliphatic rings. The van der Waals surface area contributed by atoms with E-state index in [9.17, 15) is 0 Å². The van der Waals surface area contributed by atoms with Gasteiger partial charge in [0.15, 0.2) is 0 Å². The third kappa shape index (κ3) is 5.17. The lowest BCUT2D eigenvalue weighted by atomic mass is 10.1. The number of nitrogens with one attached hydrogen (secondary N) is 1. The summed E-state index contributed by atoms with van der Waals surface area (Å²) in [5.41, 5.74) is 1.20. The zero-order valence-electron chi connectivity index (χ0n) is 11.7. The van der Waals surface area contributed by atoms with Crippen molar-refractivity contribution in [2.24, 2.45) is 0 Å². The molecule has 1 aromatic heterocycles. The standard InChI is InChI=1S/C14H26N2S/c1-5-7-8-9-13(15-6-2)10-14-16-11(3)12(4)17-14/h13,15H,5-10H2,1-4H3. The first-order valence-corrected chi connectivity index (χ1v) is 7.65. The van der Waals surface area contributed by atoms with E-state index in [0.29, 0.717) is 6.04 Å². The number of hydrogen-bond donors (Lipinski definition) is 1. The number of aryl methyl sites for hydroxylation is 2. The Hall–Kier alpha value is -0.410. The molecular formula is C14H26N2S. The van der Waals surface area contributed by atoms with Gasteiger partial charge in [0.25, 0.3) is 0 Å². The van der Waals surface area contributed by atoms with Gasteiger partial charge in [0.2, 0.25) is 0 Å². The van der Waals surface area contributed by atoms with Gasteiger partial charge in [-0.05, 0) is 26.8 Å². The Labute approximate surface area is 110 Å². The SMILES string of the molecule is CCCCCC(Cc1nc(C)c(C)s1)NCC. The maximum absolute atomic E-state index is 4.64. The van der Waals surface area contributed by atoms with Crippen LogP contribution in [0.1, 0.15) is 55.1 Å². The zero-order chi connectivity index (χ0) is 12.7. The molecule has 0 fully saturated rings. The quantitative estimate of drug-likeness (QED) is 0.713. The molecule has 2 nitrogen and oxygen atoms in total. The third-order valence-corrected chi connectivity index (χ3v) is 4.24. The van der Waals surface area contributed by atoms with Crippen molar-refractivity contribution >= 4 is 11.3 Å². The van der Waals surface area contributed by atoms with Crippen molar-refractivity contribution in [3.63, 3.8) is 0 Å². The van der Waals surface area contributed by atoms with Crippen LogP contribution in [0.4, 0.5) is 0 Å². The van der Waals surface area contributed by atoms with Crippen LogP contribution in [0.25, 0.3) is 0 Å². The zero-order valence-corrected chi connectivity index (χ0v) is 12.5.